The summed E-state index contributed by atoms with van der Waals surface area (Å²) in [7, 11) is 0. The number of rotatable bonds is 1. The van der Waals surface area contributed by atoms with Crippen molar-refractivity contribution >= 4 is 28.1 Å². The first-order valence-electron chi connectivity index (χ1n) is 4.40. The van der Waals surface area contributed by atoms with E-state index < -0.39 is 18.3 Å². The van der Waals surface area contributed by atoms with E-state index in [1.54, 1.807) is 18.2 Å². The van der Waals surface area contributed by atoms with E-state index in [0.29, 0.717) is 11.3 Å². The van der Waals surface area contributed by atoms with Gasteiger partial charge in [-0.15, -0.1) is 0 Å². The van der Waals surface area contributed by atoms with E-state index in [-0.39, 0.29) is 0 Å². The van der Waals surface area contributed by atoms with Gasteiger partial charge in [0.15, 0.2) is 0 Å². The number of halogens is 1. The molecule has 0 unspecified atom stereocenters. The predicted octanol–water partition coefficient (Wildman–Crippen LogP) is 1.22. The zero-order valence-electron chi connectivity index (χ0n) is 7.99. The first kappa shape index (κ1) is 10.7. The summed E-state index contributed by atoms with van der Waals surface area (Å²) in [6, 6.07) is 4.38. The van der Waals surface area contributed by atoms with E-state index in [9.17, 15) is 9.59 Å². The largest absolute Gasteiger partial charge is 0.414 e. The summed E-state index contributed by atoms with van der Waals surface area (Å²) < 4.78 is 5.74. The summed E-state index contributed by atoms with van der Waals surface area (Å²) in [6.45, 7) is 0. The summed E-state index contributed by atoms with van der Waals surface area (Å²) in [5, 5.41) is 4.84. The number of hydrogen-bond donors (Lipinski definition) is 3. The monoisotopic (exact) mass is 285 g/mol. The summed E-state index contributed by atoms with van der Waals surface area (Å²) >= 11 is 3.29. The maximum absolute atomic E-state index is 11.2. The second-order valence-corrected chi connectivity index (χ2v) is 4.07. The molecule has 2 rings (SSSR count). The topological polar surface area (TPSA) is 93.5 Å². The minimum Gasteiger partial charge on any atom is -0.410 e. The van der Waals surface area contributed by atoms with Crippen LogP contribution in [0.4, 0.5) is 9.59 Å². The molecule has 1 atom stereocenters. The van der Waals surface area contributed by atoms with E-state index in [1.807, 2.05) is 0 Å². The van der Waals surface area contributed by atoms with E-state index in [4.69, 9.17) is 10.5 Å². The number of primary amides is 1. The lowest BCUT2D eigenvalue weighted by Crippen LogP contribution is -2.46. The Morgan fingerprint density at radius 1 is 1.56 bits per heavy atom. The van der Waals surface area contributed by atoms with E-state index in [2.05, 4.69) is 26.6 Å². The van der Waals surface area contributed by atoms with Gasteiger partial charge in [0.2, 0.25) is 0 Å². The fraction of sp³-hybridized carbons (Fsp3) is 0.111. The van der Waals surface area contributed by atoms with Crippen molar-refractivity contribution in [3.05, 3.63) is 28.2 Å². The molecule has 16 heavy (non-hydrogen) atoms. The van der Waals surface area contributed by atoms with Crippen LogP contribution in [-0.2, 0) is 0 Å². The molecule has 1 aliphatic heterocycles. The maximum atomic E-state index is 11.2. The van der Waals surface area contributed by atoms with Crippen LogP contribution in [0.3, 0.4) is 0 Å². The number of hydrogen-bond acceptors (Lipinski definition) is 3. The lowest BCUT2D eigenvalue weighted by atomic mass is 10.1. The highest BCUT2D eigenvalue weighted by Crippen LogP contribution is 2.30. The molecule has 0 aliphatic carbocycles. The molecule has 7 heteroatoms. The summed E-state index contributed by atoms with van der Waals surface area (Å²) in [4.78, 5) is 21.9. The third kappa shape index (κ3) is 2.08. The van der Waals surface area contributed by atoms with Gasteiger partial charge in [0.25, 0.3) is 0 Å². The number of carbonyl (C=O) groups excluding carboxylic acids is 2. The number of nitrogens with one attached hydrogen (secondary N) is 2. The van der Waals surface area contributed by atoms with Crippen LogP contribution >= 0.6 is 15.9 Å². The Labute approximate surface area is 99.3 Å². The summed E-state index contributed by atoms with van der Waals surface area (Å²) in [5.74, 6) is 0.394. The Bertz CT molecular complexity index is 463. The average molecular weight is 286 g/mol. The summed E-state index contributed by atoms with van der Waals surface area (Å²) in [5.41, 5.74) is 5.64. The van der Waals surface area contributed by atoms with Gasteiger partial charge in [-0.2, -0.15) is 0 Å². The molecule has 1 aromatic carbocycles. The number of fused-ring (bicyclic) bond motifs is 1. The third-order valence-corrected chi connectivity index (χ3v) is 2.53. The first-order valence-corrected chi connectivity index (χ1v) is 5.19. The van der Waals surface area contributed by atoms with Crippen LogP contribution in [-0.4, -0.2) is 12.1 Å². The van der Waals surface area contributed by atoms with E-state index in [0.717, 1.165) is 4.47 Å². The Kier molecular flexibility index (Phi) is 2.69. The first-order chi connectivity index (χ1) is 7.56. The number of amides is 3. The Morgan fingerprint density at radius 2 is 2.31 bits per heavy atom. The van der Waals surface area contributed by atoms with Gasteiger partial charge in [-0.25, -0.2) is 9.59 Å². The van der Waals surface area contributed by atoms with Crippen LogP contribution in [0.1, 0.15) is 11.7 Å². The lowest BCUT2D eigenvalue weighted by Gasteiger charge is -2.26. The number of carbonyl (C=O) groups is 2. The van der Waals surface area contributed by atoms with Crippen LogP contribution in [0.2, 0.25) is 0 Å². The standard InChI is InChI=1S/C9H8BrN3O3/c10-4-1-2-6-5(3-4)7(12-8(11)14)13-9(15)16-6/h1-3,7H,(H,13,15)(H3,11,12,14)/t7-/m1/s1. The molecule has 0 aromatic heterocycles. The normalized spacial score (nSPS) is 18.1. The summed E-state index contributed by atoms with van der Waals surface area (Å²) in [6.07, 6.45) is -1.31. The minimum absolute atomic E-state index is 0.394. The molecule has 6 nitrogen and oxygen atoms in total. The van der Waals surface area contributed by atoms with Gasteiger partial charge in [-0.3, -0.25) is 5.32 Å². The van der Waals surface area contributed by atoms with Crippen molar-refractivity contribution in [3.8, 4) is 5.75 Å². The van der Waals surface area contributed by atoms with Crippen LogP contribution < -0.4 is 21.1 Å². The van der Waals surface area contributed by atoms with Gasteiger partial charge in [0.05, 0.1) is 0 Å². The Balaban J connectivity index is 2.39. The van der Waals surface area contributed by atoms with Crippen molar-refractivity contribution in [2.45, 2.75) is 6.17 Å². The molecule has 0 radical (unpaired) electrons. The predicted molar refractivity (Wildman–Crippen MR) is 58.8 cm³/mol. The molecule has 3 amide bonds. The highest BCUT2D eigenvalue weighted by molar-refractivity contribution is 9.10. The van der Waals surface area contributed by atoms with E-state index >= 15 is 0 Å². The van der Waals surface area contributed by atoms with E-state index in [1.165, 1.54) is 0 Å². The van der Waals surface area contributed by atoms with Crippen molar-refractivity contribution in [3.63, 3.8) is 0 Å². The molecule has 0 fully saturated rings. The number of ether oxygens (including phenoxy) is 1. The number of urea groups is 1. The van der Waals surface area contributed by atoms with Gasteiger partial charge < -0.3 is 15.8 Å². The molecule has 1 heterocycles. The highest BCUT2D eigenvalue weighted by Gasteiger charge is 2.26. The van der Waals surface area contributed by atoms with Crippen LogP contribution in [0.5, 0.6) is 5.75 Å². The zero-order valence-corrected chi connectivity index (χ0v) is 9.58. The van der Waals surface area contributed by atoms with Crippen molar-refractivity contribution in [1.29, 1.82) is 0 Å². The second kappa shape index (κ2) is 4.01. The Morgan fingerprint density at radius 3 is 3.00 bits per heavy atom. The lowest BCUT2D eigenvalue weighted by molar-refractivity contribution is 0.184. The smallest absolute Gasteiger partial charge is 0.410 e. The average Bonchev–Trinajstić information content (AvgIpc) is 2.18. The molecule has 4 N–H and O–H groups in total. The minimum atomic E-state index is -0.724. The van der Waals surface area contributed by atoms with Gasteiger partial charge in [0, 0.05) is 10.0 Å². The van der Waals surface area contributed by atoms with Crippen molar-refractivity contribution in [2.24, 2.45) is 5.73 Å². The van der Waals surface area contributed by atoms with Crippen LogP contribution in [0, 0.1) is 0 Å². The SMILES string of the molecule is NC(=O)N[C@@H]1NC(=O)Oc2ccc(Br)cc21. The molecule has 0 saturated heterocycles. The molecule has 1 aromatic rings. The van der Waals surface area contributed by atoms with Gasteiger partial charge in [-0.1, -0.05) is 15.9 Å². The maximum Gasteiger partial charge on any atom is 0.414 e. The zero-order chi connectivity index (χ0) is 11.7. The van der Waals surface area contributed by atoms with Gasteiger partial charge >= 0.3 is 12.1 Å². The van der Waals surface area contributed by atoms with Crippen molar-refractivity contribution in [2.75, 3.05) is 0 Å². The molecule has 84 valence electrons. The Hall–Kier alpha value is -1.76. The molecule has 0 saturated carbocycles. The van der Waals surface area contributed by atoms with Gasteiger partial charge in [-0.05, 0) is 18.2 Å². The van der Waals surface area contributed by atoms with Crippen LogP contribution in [0.25, 0.3) is 0 Å². The molecule has 0 bridgehead atoms. The molecule has 0 spiro atoms. The van der Waals surface area contributed by atoms with Crippen LogP contribution in [0.15, 0.2) is 22.7 Å². The fourth-order valence-electron chi connectivity index (χ4n) is 1.42. The van der Waals surface area contributed by atoms with Crippen molar-refractivity contribution in [1.82, 2.24) is 10.6 Å². The number of nitrogens with two attached hydrogens (primary N) is 1. The quantitative estimate of drug-likeness (QED) is 0.724. The fourth-order valence-corrected chi connectivity index (χ4v) is 1.80. The third-order valence-electron chi connectivity index (χ3n) is 2.03. The number of benzene rings is 1. The molecular weight excluding hydrogens is 278 g/mol. The highest BCUT2D eigenvalue weighted by atomic mass is 79.9. The molecular formula is C9H8BrN3O3. The second-order valence-electron chi connectivity index (χ2n) is 3.16. The van der Waals surface area contributed by atoms with Gasteiger partial charge in [0.1, 0.15) is 11.9 Å². The van der Waals surface area contributed by atoms with Crippen molar-refractivity contribution < 1.29 is 14.3 Å². The molecule has 1 aliphatic rings.